The minimum absolute atomic E-state index is 0.0144. The number of amides is 2. The average Bonchev–Trinajstić information content (AvgIpc) is 2.69. The molecule has 1 aliphatic heterocycles. The van der Waals surface area contributed by atoms with Crippen LogP contribution in [0.2, 0.25) is 0 Å². The quantitative estimate of drug-likeness (QED) is 0.857. The lowest BCUT2D eigenvalue weighted by Crippen LogP contribution is -2.39. The van der Waals surface area contributed by atoms with Crippen LogP contribution >= 0.6 is 0 Å². The van der Waals surface area contributed by atoms with E-state index < -0.39 is 0 Å². The molecular weight excluding hydrogens is 338 g/mol. The highest BCUT2D eigenvalue weighted by Gasteiger charge is 2.22. The summed E-state index contributed by atoms with van der Waals surface area (Å²) in [5.74, 6) is 0.748. The summed E-state index contributed by atoms with van der Waals surface area (Å²) in [4.78, 5) is 29.3. The molecule has 1 aliphatic carbocycles. The molecule has 0 atom stereocenters. The van der Waals surface area contributed by atoms with Gasteiger partial charge in [-0.25, -0.2) is 0 Å². The number of carbonyl (C=O) groups is 2. The Morgan fingerprint density at radius 3 is 2.52 bits per heavy atom. The van der Waals surface area contributed by atoms with Crippen LogP contribution in [0.4, 0.5) is 5.69 Å². The summed E-state index contributed by atoms with van der Waals surface area (Å²) in [5, 5.41) is 2.97. The molecule has 2 fully saturated rings. The van der Waals surface area contributed by atoms with Crippen molar-refractivity contribution in [3.63, 3.8) is 0 Å². The first kappa shape index (κ1) is 19.9. The number of nitrogens with one attached hydrogen (secondary N) is 1. The summed E-state index contributed by atoms with van der Waals surface area (Å²) in [6, 6.07) is 7.86. The van der Waals surface area contributed by atoms with Gasteiger partial charge in [0.2, 0.25) is 5.91 Å². The highest BCUT2D eigenvalue weighted by Crippen LogP contribution is 2.22. The number of hydrogen-bond acceptors (Lipinski definition) is 3. The van der Waals surface area contributed by atoms with E-state index in [1.807, 2.05) is 30.1 Å². The molecule has 2 amide bonds. The van der Waals surface area contributed by atoms with Crippen LogP contribution in [-0.4, -0.2) is 54.3 Å². The average molecular weight is 372 g/mol. The molecule has 1 heterocycles. The van der Waals surface area contributed by atoms with Crippen LogP contribution in [0.15, 0.2) is 24.3 Å². The number of likely N-dealkylation sites (N-methyl/N-ethyl adjacent to an activating group) is 1. The van der Waals surface area contributed by atoms with Crippen LogP contribution < -0.4 is 5.32 Å². The molecule has 1 aromatic rings. The first-order valence-corrected chi connectivity index (χ1v) is 10.4. The second-order valence-corrected chi connectivity index (χ2v) is 8.31. The fourth-order valence-electron chi connectivity index (χ4n) is 4.20. The Morgan fingerprint density at radius 1 is 1.11 bits per heavy atom. The van der Waals surface area contributed by atoms with Gasteiger partial charge in [-0.2, -0.15) is 0 Å². The van der Waals surface area contributed by atoms with Crippen molar-refractivity contribution in [2.45, 2.75) is 57.9 Å². The monoisotopic (exact) mass is 371 g/mol. The number of likely N-dealkylation sites (tertiary alicyclic amines) is 1. The molecular formula is C22H33N3O2. The van der Waals surface area contributed by atoms with E-state index in [2.05, 4.69) is 17.1 Å². The molecule has 0 bridgehead atoms. The molecule has 3 rings (SSSR count). The van der Waals surface area contributed by atoms with Crippen molar-refractivity contribution < 1.29 is 9.59 Å². The van der Waals surface area contributed by atoms with E-state index in [4.69, 9.17) is 0 Å². The smallest absolute Gasteiger partial charge is 0.253 e. The third-order valence-electron chi connectivity index (χ3n) is 6.06. The van der Waals surface area contributed by atoms with Crippen molar-refractivity contribution in [1.29, 1.82) is 0 Å². The second-order valence-electron chi connectivity index (χ2n) is 8.31. The third-order valence-corrected chi connectivity index (χ3v) is 6.06. The van der Waals surface area contributed by atoms with Gasteiger partial charge in [0.1, 0.15) is 0 Å². The molecule has 5 heteroatoms. The summed E-state index contributed by atoms with van der Waals surface area (Å²) >= 11 is 0. The summed E-state index contributed by atoms with van der Waals surface area (Å²) in [6.07, 6.45) is 8.33. The molecule has 1 saturated heterocycles. The Bertz CT molecular complexity index is 647. The van der Waals surface area contributed by atoms with E-state index in [0.29, 0.717) is 29.8 Å². The fraction of sp³-hybridized carbons (Fsp3) is 0.636. The SMILES string of the molecule is CC1CCN(C(=O)c2cccc(NC(=O)CN(C)C3CCCCC3)c2)CC1. The number of nitrogens with zero attached hydrogens (tertiary/aromatic N) is 2. The zero-order valence-corrected chi connectivity index (χ0v) is 16.7. The van der Waals surface area contributed by atoms with Crippen molar-refractivity contribution in [1.82, 2.24) is 9.80 Å². The van der Waals surface area contributed by atoms with Crippen LogP contribution in [0.25, 0.3) is 0 Å². The zero-order chi connectivity index (χ0) is 19.2. The Hall–Kier alpha value is -1.88. The summed E-state index contributed by atoms with van der Waals surface area (Å²) < 4.78 is 0. The van der Waals surface area contributed by atoms with Crippen molar-refractivity contribution >= 4 is 17.5 Å². The highest BCUT2D eigenvalue weighted by atomic mass is 16.2. The first-order valence-electron chi connectivity index (χ1n) is 10.4. The molecule has 0 aromatic heterocycles. The Balaban J connectivity index is 1.55. The number of rotatable bonds is 5. The molecule has 1 saturated carbocycles. The lowest BCUT2D eigenvalue weighted by molar-refractivity contribution is -0.117. The minimum Gasteiger partial charge on any atom is -0.339 e. The van der Waals surface area contributed by atoms with Crippen molar-refractivity contribution in [2.75, 3.05) is 32.0 Å². The van der Waals surface area contributed by atoms with Crippen LogP contribution in [0.3, 0.4) is 0 Å². The van der Waals surface area contributed by atoms with Crippen LogP contribution in [0, 0.1) is 5.92 Å². The predicted molar refractivity (Wildman–Crippen MR) is 109 cm³/mol. The first-order chi connectivity index (χ1) is 13.0. The van der Waals surface area contributed by atoms with Crippen molar-refractivity contribution in [2.24, 2.45) is 5.92 Å². The molecule has 148 valence electrons. The van der Waals surface area contributed by atoms with Gasteiger partial charge < -0.3 is 10.2 Å². The molecule has 1 N–H and O–H groups in total. The molecule has 0 unspecified atom stereocenters. The van der Waals surface area contributed by atoms with Gasteiger partial charge in [-0.1, -0.05) is 32.3 Å². The topological polar surface area (TPSA) is 52.7 Å². The van der Waals surface area contributed by atoms with Gasteiger partial charge in [0.05, 0.1) is 6.54 Å². The lowest BCUT2D eigenvalue weighted by atomic mass is 9.94. The van der Waals surface area contributed by atoms with Crippen LogP contribution in [0.1, 0.15) is 62.2 Å². The van der Waals surface area contributed by atoms with E-state index in [0.717, 1.165) is 25.9 Å². The van der Waals surface area contributed by atoms with E-state index in [1.165, 1.54) is 32.1 Å². The number of hydrogen-bond donors (Lipinski definition) is 1. The summed E-state index contributed by atoms with van der Waals surface area (Å²) in [5.41, 5.74) is 1.36. The standard InChI is InChI=1S/C22H33N3O2/c1-17-11-13-25(14-12-17)22(27)18-7-6-8-19(15-18)23-21(26)16-24(2)20-9-4-3-5-10-20/h6-8,15,17,20H,3-5,9-14,16H2,1-2H3,(H,23,26). The summed E-state index contributed by atoms with van der Waals surface area (Å²) in [7, 11) is 2.03. The molecule has 1 aromatic carbocycles. The number of benzene rings is 1. The molecule has 27 heavy (non-hydrogen) atoms. The maximum atomic E-state index is 12.7. The predicted octanol–water partition coefficient (Wildman–Crippen LogP) is 3.76. The van der Waals surface area contributed by atoms with Gasteiger partial charge in [0.15, 0.2) is 0 Å². The molecule has 2 aliphatic rings. The third kappa shape index (κ3) is 5.55. The molecule has 0 radical (unpaired) electrons. The van der Waals surface area contributed by atoms with Gasteiger partial charge in [0, 0.05) is 30.4 Å². The van der Waals surface area contributed by atoms with Gasteiger partial charge in [-0.15, -0.1) is 0 Å². The van der Waals surface area contributed by atoms with E-state index in [-0.39, 0.29) is 11.8 Å². The van der Waals surface area contributed by atoms with Gasteiger partial charge in [-0.05, 0) is 56.8 Å². The Kier molecular flexibility index (Phi) is 6.89. The van der Waals surface area contributed by atoms with Gasteiger partial charge in [-0.3, -0.25) is 14.5 Å². The molecule has 5 nitrogen and oxygen atoms in total. The van der Waals surface area contributed by atoms with Crippen LogP contribution in [0.5, 0.6) is 0 Å². The maximum Gasteiger partial charge on any atom is 0.253 e. The van der Waals surface area contributed by atoms with E-state index in [9.17, 15) is 9.59 Å². The van der Waals surface area contributed by atoms with Crippen molar-refractivity contribution in [3.05, 3.63) is 29.8 Å². The summed E-state index contributed by atoms with van der Waals surface area (Å²) in [6.45, 7) is 4.28. The maximum absolute atomic E-state index is 12.7. The minimum atomic E-state index is -0.0144. The van der Waals surface area contributed by atoms with E-state index in [1.54, 1.807) is 6.07 Å². The molecule has 0 spiro atoms. The zero-order valence-electron chi connectivity index (χ0n) is 16.7. The van der Waals surface area contributed by atoms with Gasteiger partial charge >= 0.3 is 0 Å². The fourth-order valence-corrected chi connectivity index (χ4v) is 4.20. The lowest BCUT2D eigenvalue weighted by Gasteiger charge is -2.31. The number of carbonyl (C=O) groups excluding carboxylic acids is 2. The normalized spacial score (nSPS) is 19.3. The van der Waals surface area contributed by atoms with Crippen molar-refractivity contribution in [3.8, 4) is 0 Å². The van der Waals surface area contributed by atoms with Crippen LogP contribution in [-0.2, 0) is 4.79 Å². The Labute approximate surface area is 163 Å². The largest absolute Gasteiger partial charge is 0.339 e. The Morgan fingerprint density at radius 2 is 1.81 bits per heavy atom. The number of piperidine rings is 1. The van der Waals surface area contributed by atoms with Gasteiger partial charge in [0.25, 0.3) is 5.91 Å². The number of anilines is 1. The highest BCUT2D eigenvalue weighted by molar-refractivity contribution is 5.97. The second kappa shape index (κ2) is 9.36. The van der Waals surface area contributed by atoms with E-state index >= 15 is 0 Å².